The molecule has 0 bridgehead atoms. The summed E-state index contributed by atoms with van der Waals surface area (Å²) in [5.74, 6) is -1.38. The van der Waals surface area contributed by atoms with Gasteiger partial charge in [-0.25, -0.2) is 4.98 Å². The maximum absolute atomic E-state index is 10.8. The van der Waals surface area contributed by atoms with Crippen LogP contribution >= 0.6 is 11.3 Å². The summed E-state index contributed by atoms with van der Waals surface area (Å²) in [5.41, 5.74) is -0.160. The molecular formula is C13H8N4O4S. The first-order valence-electron chi connectivity index (χ1n) is 6.03. The minimum atomic E-state index is -0.888. The van der Waals surface area contributed by atoms with Crippen LogP contribution in [-0.4, -0.2) is 20.1 Å². The Hall–Kier alpha value is -3.07. The van der Waals surface area contributed by atoms with Gasteiger partial charge in [0.25, 0.3) is 0 Å². The molecule has 0 unspecified atom stereocenters. The number of para-hydroxylation sites is 1. The Morgan fingerprint density at radius 3 is 2.64 bits per heavy atom. The van der Waals surface area contributed by atoms with Crippen LogP contribution in [-0.2, 0) is 0 Å². The maximum Gasteiger partial charge on any atom is 0.354 e. The van der Waals surface area contributed by atoms with Crippen molar-refractivity contribution in [2.24, 2.45) is 10.2 Å². The van der Waals surface area contributed by atoms with Gasteiger partial charge < -0.3 is 10.2 Å². The minimum absolute atomic E-state index is 0.122. The van der Waals surface area contributed by atoms with Gasteiger partial charge in [0, 0.05) is 0 Å². The van der Waals surface area contributed by atoms with Gasteiger partial charge in [0.05, 0.1) is 15.1 Å². The quantitative estimate of drug-likeness (QED) is 0.429. The number of benzene rings is 2. The summed E-state index contributed by atoms with van der Waals surface area (Å²) >= 11 is 1.30. The highest BCUT2D eigenvalue weighted by atomic mass is 32.1. The molecule has 0 aliphatic heterocycles. The lowest BCUT2D eigenvalue weighted by Crippen LogP contribution is -1.89. The van der Waals surface area contributed by atoms with E-state index in [1.807, 2.05) is 24.3 Å². The number of nitrogens with zero attached hydrogens (tertiary/aromatic N) is 4. The summed E-state index contributed by atoms with van der Waals surface area (Å²) in [6, 6.07) is 9.73. The normalized spacial score (nSPS) is 11.3. The predicted molar refractivity (Wildman–Crippen MR) is 80.2 cm³/mol. The monoisotopic (exact) mass is 316 g/mol. The first-order valence-corrected chi connectivity index (χ1v) is 6.84. The lowest BCUT2D eigenvalue weighted by Gasteiger charge is -2.00. The number of hydrogen-bond donors (Lipinski definition) is 2. The van der Waals surface area contributed by atoms with E-state index in [9.17, 15) is 20.3 Å². The van der Waals surface area contributed by atoms with Gasteiger partial charge in [-0.2, -0.15) is 0 Å². The molecule has 3 rings (SSSR count). The van der Waals surface area contributed by atoms with E-state index < -0.39 is 22.1 Å². The molecule has 22 heavy (non-hydrogen) atoms. The first-order chi connectivity index (χ1) is 10.6. The first kappa shape index (κ1) is 13.9. The summed E-state index contributed by atoms with van der Waals surface area (Å²) < 4.78 is 0.928. The molecule has 0 amide bonds. The molecule has 1 aromatic heterocycles. The zero-order valence-electron chi connectivity index (χ0n) is 10.9. The number of aromatic hydroxyl groups is 2. The van der Waals surface area contributed by atoms with Gasteiger partial charge in [-0.15, -0.1) is 10.2 Å². The van der Waals surface area contributed by atoms with Gasteiger partial charge in [0.15, 0.2) is 5.75 Å². The van der Waals surface area contributed by atoms with E-state index in [0.717, 1.165) is 16.3 Å². The van der Waals surface area contributed by atoms with Gasteiger partial charge in [-0.1, -0.05) is 23.5 Å². The second kappa shape index (κ2) is 5.37. The molecule has 110 valence electrons. The van der Waals surface area contributed by atoms with E-state index in [0.29, 0.717) is 5.13 Å². The fourth-order valence-electron chi connectivity index (χ4n) is 1.82. The van der Waals surface area contributed by atoms with E-state index in [-0.39, 0.29) is 5.69 Å². The van der Waals surface area contributed by atoms with Crippen molar-refractivity contribution in [2.75, 3.05) is 0 Å². The lowest BCUT2D eigenvalue weighted by atomic mass is 10.2. The van der Waals surface area contributed by atoms with Crippen molar-refractivity contribution in [1.29, 1.82) is 0 Å². The molecule has 0 spiro atoms. The topological polar surface area (TPSA) is 121 Å². The molecule has 1 heterocycles. The van der Waals surface area contributed by atoms with Crippen LogP contribution in [0.3, 0.4) is 0 Å². The third-order valence-electron chi connectivity index (χ3n) is 2.82. The number of fused-ring (bicyclic) bond motifs is 1. The second-order valence-corrected chi connectivity index (χ2v) is 5.23. The lowest BCUT2D eigenvalue weighted by molar-refractivity contribution is -0.386. The summed E-state index contributed by atoms with van der Waals surface area (Å²) in [6.45, 7) is 0. The van der Waals surface area contributed by atoms with E-state index >= 15 is 0 Å². The summed E-state index contributed by atoms with van der Waals surface area (Å²) in [4.78, 5) is 14.1. The van der Waals surface area contributed by atoms with Crippen LogP contribution < -0.4 is 0 Å². The molecule has 0 atom stereocenters. The molecule has 8 nitrogen and oxygen atoms in total. The highest BCUT2D eigenvalue weighted by Crippen LogP contribution is 2.42. The maximum atomic E-state index is 10.8. The van der Waals surface area contributed by atoms with E-state index in [1.54, 1.807) is 0 Å². The number of thiazole rings is 1. The largest absolute Gasteiger partial charge is 0.502 e. The Labute approximate surface area is 127 Å². The van der Waals surface area contributed by atoms with Crippen LogP contribution in [0.1, 0.15) is 0 Å². The zero-order valence-corrected chi connectivity index (χ0v) is 11.7. The third-order valence-corrected chi connectivity index (χ3v) is 3.74. The number of nitro benzene ring substituents is 1. The smallest absolute Gasteiger partial charge is 0.354 e. The number of aromatic nitrogens is 1. The summed E-state index contributed by atoms with van der Waals surface area (Å²) in [7, 11) is 0. The number of nitro groups is 1. The fraction of sp³-hybridized carbons (Fsp3) is 0. The van der Waals surface area contributed by atoms with Gasteiger partial charge in [0.1, 0.15) is 5.69 Å². The van der Waals surface area contributed by atoms with Gasteiger partial charge in [-0.05, 0) is 24.3 Å². The van der Waals surface area contributed by atoms with Crippen molar-refractivity contribution in [3.8, 4) is 11.5 Å². The highest BCUT2D eigenvalue weighted by molar-refractivity contribution is 7.21. The molecule has 0 fully saturated rings. The highest BCUT2D eigenvalue weighted by Gasteiger charge is 2.22. The third kappa shape index (κ3) is 2.44. The summed E-state index contributed by atoms with van der Waals surface area (Å²) in [5, 5.41) is 38.0. The fourth-order valence-corrected chi connectivity index (χ4v) is 2.61. The van der Waals surface area contributed by atoms with Crippen LogP contribution in [0.4, 0.5) is 16.5 Å². The number of hydrogen-bond acceptors (Lipinski definition) is 8. The standard InChI is InChI=1S/C13H8N4O4S/c18-9-6-5-8(12(19)11(9)17(20)21)15-16-13-14-7-3-1-2-4-10(7)22-13/h1-6,18-19H. The number of rotatable bonds is 3. The Balaban J connectivity index is 1.99. The van der Waals surface area contributed by atoms with Crippen LogP contribution in [0.5, 0.6) is 11.5 Å². The average molecular weight is 316 g/mol. The minimum Gasteiger partial charge on any atom is -0.502 e. The number of azo groups is 1. The Kier molecular flexibility index (Phi) is 3.39. The van der Waals surface area contributed by atoms with Gasteiger partial charge >= 0.3 is 5.69 Å². The molecule has 2 N–H and O–H groups in total. The van der Waals surface area contributed by atoms with Gasteiger partial charge in [-0.3, -0.25) is 10.1 Å². The zero-order chi connectivity index (χ0) is 15.7. The Bertz CT molecular complexity index is 873. The van der Waals surface area contributed by atoms with E-state index in [1.165, 1.54) is 17.4 Å². The van der Waals surface area contributed by atoms with Crippen molar-refractivity contribution in [1.82, 2.24) is 4.98 Å². The van der Waals surface area contributed by atoms with E-state index in [2.05, 4.69) is 15.2 Å². The second-order valence-electron chi connectivity index (χ2n) is 4.22. The van der Waals surface area contributed by atoms with E-state index in [4.69, 9.17) is 0 Å². The molecule has 0 saturated heterocycles. The Morgan fingerprint density at radius 2 is 1.91 bits per heavy atom. The van der Waals surface area contributed by atoms with Crippen LogP contribution in [0, 0.1) is 10.1 Å². The number of phenols is 2. The predicted octanol–water partition coefficient (Wildman–Crippen LogP) is 4.03. The average Bonchev–Trinajstić information content (AvgIpc) is 2.89. The molecule has 2 aromatic carbocycles. The summed E-state index contributed by atoms with van der Waals surface area (Å²) in [6.07, 6.45) is 0. The molecule has 9 heteroatoms. The van der Waals surface area contributed by atoms with Crippen molar-refractivity contribution in [3.05, 3.63) is 46.5 Å². The molecular weight excluding hydrogens is 308 g/mol. The van der Waals surface area contributed by atoms with Crippen molar-refractivity contribution in [2.45, 2.75) is 0 Å². The molecule has 0 aliphatic carbocycles. The SMILES string of the molecule is O=[N+]([O-])c1c(O)ccc(N=Nc2nc3ccccc3s2)c1O. The number of phenolic OH excluding ortho intramolecular Hbond substituents is 2. The molecule has 3 aromatic rings. The van der Waals surface area contributed by atoms with Crippen molar-refractivity contribution < 1.29 is 15.1 Å². The molecule has 0 saturated carbocycles. The molecule has 0 radical (unpaired) electrons. The van der Waals surface area contributed by atoms with Gasteiger partial charge in [0.2, 0.25) is 10.9 Å². The van der Waals surface area contributed by atoms with Crippen molar-refractivity contribution >= 4 is 38.1 Å². The van der Waals surface area contributed by atoms with Crippen LogP contribution in [0.2, 0.25) is 0 Å². The van der Waals surface area contributed by atoms with Crippen molar-refractivity contribution in [3.63, 3.8) is 0 Å². The van der Waals surface area contributed by atoms with Crippen LogP contribution in [0.15, 0.2) is 46.6 Å². The Morgan fingerprint density at radius 1 is 1.14 bits per heavy atom. The molecule has 0 aliphatic rings. The van der Waals surface area contributed by atoms with Crippen LogP contribution in [0.25, 0.3) is 10.2 Å².